The van der Waals surface area contributed by atoms with Crippen LogP contribution in [0.4, 0.5) is 4.79 Å². The zero-order valence-electron chi connectivity index (χ0n) is 27.8. The van der Waals surface area contributed by atoms with E-state index in [0.717, 1.165) is 22.4 Å². The summed E-state index contributed by atoms with van der Waals surface area (Å²) in [6, 6.07) is 19.9. The van der Waals surface area contributed by atoms with Gasteiger partial charge in [0.1, 0.15) is 17.5 Å². The zero-order valence-corrected chi connectivity index (χ0v) is 28.6. The van der Waals surface area contributed by atoms with E-state index in [1.807, 2.05) is 62.4 Å². The molecule has 0 bridgehead atoms. The summed E-state index contributed by atoms with van der Waals surface area (Å²) in [4.78, 5) is 25.6. The number of amides is 2. The molecular formula is C35H47N3O8S. The molecule has 3 aromatic carbocycles. The second-order valence-corrected chi connectivity index (χ2v) is 13.4. The minimum atomic E-state index is -3.88. The largest absolute Gasteiger partial charge is 0.497 e. The molecule has 0 saturated carbocycles. The predicted octanol–water partition coefficient (Wildman–Crippen LogP) is 4.63. The number of benzene rings is 3. The summed E-state index contributed by atoms with van der Waals surface area (Å²) < 4.78 is 43.8. The fourth-order valence-corrected chi connectivity index (χ4v) is 7.04. The van der Waals surface area contributed by atoms with Crippen molar-refractivity contribution in [1.29, 1.82) is 0 Å². The molecule has 2 atom stereocenters. The Kier molecular flexibility index (Phi) is 14.5. The molecule has 12 heteroatoms. The first-order chi connectivity index (χ1) is 22.5. The van der Waals surface area contributed by atoms with Gasteiger partial charge in [0.05, 0.1) is 32.8 Å². The lowest BCUT2D eigenvalue weighted by atomic mass is 9.94. The van der Waals surface area contributed by atoms with Crippen LogP contribution in [0.1, 0.15) is 38.7 Å². The molecule has 0 aliphatic heterocycles. The van der Waals surface area contributed by atoms with Gasteiger partial charge in [-0.25, -0.2) is 13.2 Å². The van der Waals surface area contributed by atoms with Gasteiger partial charge in [-0.3, -0.25) is 4.79 Å². The Morgan fingerprint density at radius 2 is 1.49 bits per heavy atom. The lowest BCUT2D eigenvalue weighted by Gasteiger charge is -2.31. The summed E-state index contributed by atoms with van der Waals surface area (Å²) in [5.41, 5.74) is 2.73. The number of hydrogen-bond acceptors (Lipinski definition) is 8. The Morgan fingerprint density at radius 3 is 2.06 bits per heavy atom. The Hall–Kier alpha value is -4.13. The van der Waals surface area contributed by atoms with E-state index in [-0.39, 0.29) is 36.3 Å². The van der Waals surface area contributed by atoms with Gasteiger partial charge in [0.15, 0.2) is 0 Å². The molecule has 3 N–H and O–H groups in total. The van der Waals surface area contributed by atoms with Crippen molar-refractivity contribution in [2.24, 2.45) is 5.92 Å². The summed E-state index contributed by atoms with van der Waals surface area (Å²) in [6.45, 7) is 4.05. The smallest absolute Gasteiger partial charge is 0.407 e. The number of rotatable bonds is 18. The number of unbranched alkanes of at least 4 members (excludes halogenated alkanes) is 1. The molecule has 0 heterocycles. The Labute approximate surface area is 278 Å². The molecule has 0 radical (unpaired) electrons. The standard InChI is InChI=1S/C35H47N3O8S/c1-25(2)23-38(47(42,43)31-19-17-30(45-4)18-20-31)28(24-39)11-8-9-21-36-34(40)33(37-35(41)46-5)22-27-10-6-7-12-32(27)26-13-15-29(44-3)16-14-26/h6-7,10,12-20,25,28,33,39H,8-9,11,21-24H2,1-5H3,(H,36,40)(H,37,41)/t28?,33-/m0/s1. The van der Waals surface area contributed by atoms with Crippen LogP contribution >= 0.6 is 0 Å². The van der Waals surface area contributed by atoms with Crippen molar-refractivity contribution >= 4 is 22.0 Å². The molecule has 0 spiro atoms. The van der Waals surface area contributed by atoms with Crippen molar-refractivity contribution < 1.29 is 37.3 Å². The molecule has 2 amide bonds. The van der Waals surface area contributed by atoms with E-state index < -0.39 is 28.2 Å². The molecule has 0 aliphatic rings. The molecular weight excluding hydrogens is 622 g/mol. The van der Waals surface area contributed by atoms with Gasteiger partial charge < -0.3 is 30.0 Å². The van der Waals surface area contributed by atoms with Crippen LogP contribution in [0.2, 0.25) is 0 Å². The Morgan fingerprint density at radius 1 is 0.872 bits per heavy atom. The number of carbonyl (C=O) groups is 2. The third-order valence-electron chi connectivity index (χ3n) is 7.73. The number of methoxy groups -OCH3 is 3. The van der Waals surface area contributed by atoms with Gasteiger partial charge in [0, 0.05) is 25.6 Å². The van der Waals surface area contributed by atoms with Crippen LogP contribution in [0.5, 0.6) is 11.5 Å². The predicted molar refractivity (Wildman–Crippen MR) is 181 cm³/mol. The van der Waals surface area contributed by atoms with E-state index in [1.54, 1.807) is 19.2 Å². The monoisotopic (exact) mass is 669 g/mol. The lowest BCUT2D eigenvalue weighted by Crippen LogP contribution is -2.48. The van der Waals surface area contributed by atoms with Gasteiger partial charge in [-0.2, -0.15) is 4.31 Å². The number of sulfonamides is 1. The number of aliphatic hydroxyl groups excluding tert-OH is 1. The third-order valence-corrected chi connectivity index (χ3v) is 9.66. The molecule has 11 nitrogen and oxygen atoms in total. The highest BCUT2D eigenvalue weighted by Crippen LogP contribution is 2.27. The van der Waals surface area contributed by atoms with Gasteiger partial charge in [-0.15, -0.1) is 0 Å². The molecule has 0 aromatic heterocycles. The summed E-state index contributed by atoms with van der Waals surface area (Å²) in [6.07, 6.45) is 0.985. The van der Waals surface area contributed by atoms with E-state index in [9.17, 15) is 23.1 Å². The van der Waals surface area contributed by atoms with Crippen LogP contribution in [0, 0.1) is 5.92 Å². The highest BCUT2D eigenvalue weighted by molar-refractivity contribution is 7.89. The van der Waals surface area contributed by atoms with Crippen molar-refractivity contribution in [1.82, 2.24) is 14.9 Å². The number of carbonyl (C=O) groups excluding carboxylic acids is 2. The molecule has 0 saturated heterocycles. The second kappa shape index (κ2) is 18.3. The average molecular weight is 670 g/mol. The maximum atomic E-state index is 13.6. The lowest BCUT2D eigenvalue weighted by molar-refractivity contribution is -0.123. The molecule has 3 aromatic rings. The number of hydrogen-bond donors (Lipinski definition) is 3. The summed E-state index contributed by atoms with van der Waals surface area (Å²) in [7, 11) is 0.474. The van der Waals surface area contributed by atoms with E-state index in [0.29, 0.717) is 31.6 Å². The first-order valence-electron chi connectivity index (χ1n) is 15.6. The number of alkyl carbamates (subject to hydrolysis) is 1. The zero-order chi connectivity index (χ0) is 34.4. The molecule has 0 fully saturated rings. The minimum Gasteiger partial charge on any atom is -0.497 e. The van der Waals surface area contributed by atoms with Crippen LogP contribution in [-0.4, -0.2) is 82.9 Å². The van der Waals surface area contributed by atoms with E-state index >= 15 is 0 Å². The number of ether oxygens (including phenoxy) is 3. The number of nitrogens with zero attached hydrogens (tertiary/aromatic N) is 1. The summed E-state index contributed by atoms with van der Waals surface area (Å²) in [5, 5.41) is 15.8. The fraction of sp³-hybridized carbons (Fsp3) is 0.429. The van der Waals surface area contributed by atoms with E-state index in [1.165, 1.54) is 30.7 Å². The molecule has 256 valence electrons. The van der Waals surface area contributed by atoms with Crippen LogP contribution < -0.4 is 20.1 Å². The van der Waals surface area contributed by atoms with Crippen molar-refractivity contribution in [3.05, 3.63) is 78.4 Å². The second-order valence-electron chi connectivity index (χ2n) is 11.5. The first kappa shape index (κ1) is 37.3. The van der Waals surface area contributed by atoms with Gasteiger partial charge in [-0.1, -0.05) is 56.7 Å². The quantitative estimate of drug-likeness (QED) is 0.166. The normalized spacial score (nSPS) is 12.8. The van der Waals surface area contributed by atoms with Crippen molar-refractivity contribution in [2.75, 3.05) is 41.0 Å². The first-order valence-corrected chi connectivity index (χ1v) is 17.1. The van der Waals surface area contributed by atoms with Crippen molar-refractivity contribution in [3.8, 4) is 22.6 Å². The third kappa shape index (κ3) is 10.7. The average Bonchev–Trinajstić information content (AvgIpc) is 3.08. The molecule has 47 heavy (non-hydrogen) atoms. The van der Waals surface area contributed by atoms with Gasteiger partial charge in [0.25, 0.3) is 0 Å². The molecule has 3 rings (SSSR count). The van der Waals surface area contributed by atoms with Crippen LogP contribution in [0.3, 0.4) is 0 Å². The Balaban J connectivity index is 1.65. The highest BCUT2D eigenvalue weighted by Gasteiger charge is 2.31. The van der Waals surface area contributed by atoms with Crippen molar-refractivity contribution in [3.63, 3.8) is 0 Å². The van der Waals surface area contributed by atoms with E-state index in [2.05, 4.69) is 10.6 Å². The summed E-state index contributed by atoms with van der Waals surface area (Å²) in [5.74, 6) is 0.936. The SMILES string of the molecule is COC(=O)N[C@@H](Cc1ccccc1-c1ccc(OC)cc1)C(=O)NCCCCC(CO)N(CC(C)C)S(=O)(=O)c1ccc(OC)cc1. The fourth-order valence-electron chi connectivity index (χ4n) is 5.23. The number of aliphatic hydroxyl groups is 1. The van der Waals surface area contributed by atoms with Gasteiger partial charge in [-0.05, 0) is 71.8 Å². The van der Waals surface area contributed by atoms with Crippen molar-refractivity contribution in [2.45, 2.75) is 56.5 Å². The van der Waals surface area contributed by atoms with Crippen LogP contribution in [0.25, 0.3) is 11.1 Å². The minimum absolute atomic E-state index is 0.0328. The van der Waals surface area contributed by atoms with Crippen LogP contribution in [0.15, 0.2) is 77.7 Å². The Bertz CT molecular complexity index is 1530. The molecule has 1 unspecified atom stereocenters. The summed E-state index contributed by atoms with van der Waals surface area (Å²) >= 11 is 0. The van der Waals surface area contributed by atoms with Crippen LogP contribution in [-0.2, 0) is 26.0 Å². The number of nitrogens with one attached hydrogen (secondary N) is 2. The molecule has 0 aliphatic carbocycles. The maximum Gasteiger partial charge on any atom is 0.407 e. The highest BCUT2D eigenvalue weighted by atomic mass is 32.2. The van der Waals surface area contributed by atoms with E-state index in [4.69, 9.17) is 14.2 Å². The van der Waals surface area contributed by atoms with Gasteiger partial charge >= 0.3 is 6.09 Å². The maximum absolute atomic E-state index is 13.6. The topological polar surface area (TPSA) is 143 Å². The van der Waals surface area contributed by atoms with Gasteiger partial charge in [0.2, 0.25) is 15.9 Å².